The lowest BCUT2D eigenvalue weighted by Gasteiger charge is -2.29. The molecule has 1 fully saturated rings. The molecule has 2 bridgehead atoms. The van der Waals surface area contributed by atoms with Gasteiger partial charge in [0.05, 0.1) is 18.3 Å². The van der Waals surface area contributed by atoms with Crippen LogP contribution in [0.4, 0.5) is 4.79 Å². The Kier molecular flexibility index (Phi) is 4.21. The topological polar surface area (TPSA) is 133 Å². The maximum atomic E-state index is 12.1. The van der Waals surface area contributed by atoms with Gasteiger partial charge in [-0.2, -0.15) is 5.06 Å². The summed E-state index contributed by atoms with van der Waals surface area (Å²) in [6.07, 6.45) is 1.87. The smallest absolute Gasteiger partial charge is 0.345 e. The highest BCUT2D eigenvalue weighted by molar-refractivity contribution is 7.89. The van der Waals surface area contributed by atoms with Gasteiger partial charge in [-0.15, -0.1) is 0 Å². The molecule has 2 rings (SSSR count). The number of nitrogens with zero attached hydrogens (tertiary/aromatic N) is 2. The average Bonchev–Trinajstić information content (AvgIpc) is 2.59. The zero-order chi connectivity index (χ0) is 15.8. The summed E-state index contributed by atoms with van der Waals surface area (Å²) >= 11 is 0. The number of hydroxylamine groups is 2. The SMILES string of the molecule is CC1=C[C@H]2CN(C(=O)N2O)[C@@H]1C(=O)NCCCS(N)(=O)=O. The number of amides is 3. The van der Waals surface area contributed by atoms with Crippen molar-refractivity contribution in [2.45, 2.75) is 25.4 Å². The Balaban J connectivity index is 1.95. The predicted octanol–water partition coefficient (Wildman–Crippen LogP) is -1.39. The van der Waals surface area contributed by atoms with Crippen LogP contribution in [0.1, 0.15) is 13.3 Å². The van der Waals surface area contributed by atoms with E-state index in [1.807, 2.05) is 0 Å². The van der Waals surface area contributed by atoms with Crippen LogP contribution in [0.25, 0.3) is 0 Å². The van der Waals surface area contributed by atoms with Gasteiger partial charge in [0.15, 0.2) is 0 Å². The number of carbonyl (C=O) groups excluding carboxylic acids is 2. The number of fused-ring (bicyclic) bond motifs is 2. The molecular formula is C11H18N4O5S. The molecule has 0 aliphatic carbocycles. The third-order valence-corrected chi connectivity index (χ3v) is 4.35. The molecule has 4 N–H and O–H groups in total. The molecule has 1 saturated heterocycles. The minimum absolute atomic E-state index is 0.146. The number of hydrogen-bond acceptors (Lipinski definition) is 5. The van der Waals surface area contributed by atoms with Gasteiger partial charge in [0, 0.05) is 6.54 Å². The summed E-state index contributed by atoms with van der Waals surface area (Å²) in [5.41, 5.74) is 0.667. The van der Waals surface area contributed by atoms with Crippen LogP contribution in [0.3, 0.4) is 0 Å². The fourth-order valence-electron chi connectivity index (χ4n) is 2.54. The highest BCUT2D eigenvalue weighted by Gasteiger charge is 2.46. The molecule has 2 heterocycles. The quantitative estimate of drug-likeness (QED) is 0.326. The number of nitrogens with one attached hydrogen (secondary N) is 1. The van der Waals surface area contributed by atoms with E-state index in [-0.39, 0.29) is 25.3 Å². The van der Waals surface area contributed by atoms with Gasteiger partial charge in [0.25, 0.3) is 0 Å². The molecule has 2 aliphatic rings. The van der Waals surface area contributed by atoms with E-state index < -0.39 is 34.0 Å². The molecule has 2 aliphatic heterocycles. The first-order valence-electron chi connectivity index (χ1n) is 6.46. The van der Waals surface area contributed by atoms with Crippen LogP contribution in [0.5, 0.6) is 0 Å². The molecule has 0 aromatic heterocycles. The first kappa shape index (κ1) is 15.7. The van der Waals surface area contributed by atoms with E-state index in [1.54, 1.807) is 13.0 Å². The second-order valence-corrected chi connectivity index (χ2v) is 6.91. The van der Waals surface area contributed by atoms with Crippen molar-refractivity contribution in [3.8, 4) is 0 Å². The van der Waals surface area contributed by atoms with Gasteiger partial charge in [-0.3, -0.25) is 10.0 Å². The molecule has 2 atom stereocenters. The molecule has 9 nitrogen and oxygen atoms in total. The molecule has 0 saturated carbocycles. The molecule has 3 amide bonds. The highest BCUT2D eigenvalue weighted by atomic mass is 32.2. The summed E-state index contributed by atoms with van der Waals surface area (Å²) in [7, 11) is -3.55. The summed E-state index contributed by atoms with van der Waals surface area (Å²) in [5.74, 6) is -0.623. The number of hydrogen-bond donors (Lipinski definition) is 3. The fourth-order valence-corrected chi connectivity index (χ4v) is 3.09. The zero-order valence-electron chi connectivity index (χ0n) is 11.5. The Morgan fingerprint density at radius 3 is 2.86 bits per heavy atom. The first-order valence-corrected chi connectivity index (χ1v) is 8.17. The lowest BCUT2D eigenvalue weighted by Crippen LogP contribution is -2.50. The summed E-state index contributed by atoms with van der Waals surface area (Å²) in [4.78, 5) is 25.2. The van der Waals surface area contributed by atoms with E-state index in [0.717, 1.165) is 0 Å². The monoisotopic (exact) mass is 318 g/mol. The molecule has 118 valence electrons. The molecule has 0 spiro atoms. The maximum absolute atomic E-state index is 12.1. The van der Waals surface area contributed by atoms with Crippen molar-refractivity contribution in [3.05, 3.63) is 11.6 Å². The van der Waals surface area contributed by atoms with E-state index in [4.69, 9.17) is 5.14 Å². The van der Waals surface area contributed by atoms with Crippen molar-refractivity contribution < 1.29 is 23.2 Å². The van der Waals surface area contributed by atoms with Gasteiger partial charge < -0.3 is 10.2 Å². The van der Waals surface area contributed by atoms with E-state index in [1.165, 1.54) is 4.90 Å². The number of urea groups is 1. The summed E-state index contributed by atoms with van der Waals surface area (Å²) in [6.45, 7) is 2.11. The van der Waals surface area contributed by atoms with E-state index >= 15 is 0 Å². The molecule has 10 heteroatoms. The number of nitrogens with two attached hydrogens (primary N) is 1. The fraction of sp³-hybridized carbons (Fsp3) is 0.636. The lowest BCUT2D eigenvalue weighted by atomic mass is 10.00. The van der Waals surface area contributed by atoms with Gasteiger partial charge in [-0.1, -0.05) is 6.08 Å². The van der Waals surface area contributed by atoms with Gasteiger partial charge >= 0.3 is 6.03 Å². The van der Waals surface area contributed by atoms with Crippen molar-refractivity contribution in [2.24, 2.45) is 5.14 Å². The number of sulfonamides is 1. The molecule has 21 heavy (non-hydrogen) atoms. The number of carbonyl (C=O) groups is 2. The van der Waals surface area contributed by atoms with Crippen LogP contribution in [0.2, 0.25) is 0 Å². The van der Waals surface area contributed by atoms with Crippen molar-refractivity contribution >= 4 is 22.0 Å². The normalized spacial score (nSPS) is 25.1. The predicted molar refractivity (Wildman–Crippen MR) is 72.7 cm³/mol. The van der Waals surface area contributed by atoms with Crippen molar-refractivity contribution in [1.82, 2.24) is 15.3 Å². The standard InChI is InChI=1S/C11H18N4O5S/c1-7-5-8-6-14(11(17)15(8)18)9(7)10(16)13-3-2-4-21(12,19)20/h5,8-9,18H,2-4,6H2,1H3,(H,13,16)(H2,12,19,20)/t8-,9-/m0/s1. The van der Waals surface area contributed by atoms with E-state index in [9.17, 15) is 23.2 Å². The average molecular weight is 318 g/mol. The Bertz CT molecular complexity index is 587. The van der Waals surface area contributed by atoms with Gasteiger partial charge in [0.2, 0.25) is 15.9 Å². The van der Waals surface area contributed by atoms with Crippen LogP contribution in [0, 0.1) is 0 Å². The van der Waals surface area contributed by atoms with Crippen LogP contribution in [0.15, 0.2) is 11.6 Å². The number of rotatable bonds is 5. The molecule has 0 aromatic carbocycles. The minimum Gasteiger partial charge on any atom is -0.354 e. The third kappa shape index (κ3) is 3.34. The van der Waals surface area contributed by atoms with Crippen LogP contribution >= 0.6 is 0 Å². The summed E-state index contributed by atoms with van der Waals surface area (Å²) < 4.78 is 21.6. The third-order valence-electron chi connectivity index (χ3n) is 3.49. The van der Waals surface area contributed by atoms with Gasteiger partial charge in [-0.25, -0.2) is 18.4 Å². The van der Waals surface area contributed by atoms with Gasteiger partial charge in [-0.05, 0) is 18.9 Å². The minimum atomic E-state index is -3.55. The largest absolute Gasteiger partial charge is 0.354 e. The van der Waals surface area contributed by atoms with Crippen molar-refractivity contribution in [1.29, 1.82) is 0 Å². The highest BCUT2D eigenvalue weighted by Crippen LogP contribution is 2.27. The molecule has 0 radical (unpaired) electrons. The Hall–Kier alpha value is -1.65. The van der Waals surface area contributed by atoms with Gasteiger partial charge in [0.1, 0.15) is 6.04 Å². The van der Waals surface area contributed by atoms with Crippen LogP contribution in [-0.4, -0.2) is 66.5 Å². The Labute approximate surface area is 122 Å². The van der Waals surface area contributed by atoms with Crippen LogP contribution in [-0.2, 0) is 14.8 Å². The van der Waals surface area contributed by atoms with E-state index in [0.29, 0.717) is 10.6 Å². The maximum Gasteiger partial charge on any atom is 0.345 e. The Morgan fingerprint density at radius 2 is 2.24 bits per heavy atom. The second-order valence-electron chi connectivity index (χ2n) is 5.17. The van der Waals surface area contributed by atoms with Crippen molar-refractivity contribution in [2.75, 3.05) is 18.8 Å². The summed E-state index contributed by atoms with van der Waals surface area (Å²) in [5, 5.41) is 17.6. The second kappa shape index (κ2) is 5.62. The lowest BCUT2D eigenvalue weighted by molar-refractivity contribution is -0.124. The first-order chi connectivity index (χ1) is 9.70. The Morgan fingerprint density at radius 1 is 1.57 bits per heavy atom. The molecule has 0 aromatic rings. The van der Waals surface area contributed by atoms with E-state index in [2.05, 4.69) is 5.32 Å². The van der Waals surface area contributed by atoms with Crippen molar-refractivity contribution in [3.63, 3.8) is 0 Å². The molecular weight excluding hydrogens is 300 g/mol. The summed E-state index contributed by atoms with van der Waals surface area (Å²) in [6, 6.07) is -1.82. The zero-order valence-corrected chi connectivity index (χ0v) is 12.3. The molecule has 0 unspecified atom stereocenters. The number of primary sulfonamides is 1. The van der Waals surface area contributed by atoms with Crippen LogP contribution < -0.4 is 10.5 Å².